The molecule has 3 heterocycles. The highest BCUT2D eigenvalue weighted by atomic mass is 32.2. The maximum Gasteiger partial charge on any atom is 0.358 e. The Bertz CT molecular complexity index is 908. The molecule has 1 N–H and O–H groups in total. The highest BCUT2D eigenvalue weighted by molar-refractivity contribution is 8.04. The molecule has 0 radical (unpaired) electrons. The molecule has 9 nitrogen and oxygen atoms in total. The van der Waals surface area contributed by atoms with Crippen LogP contribution in [0.5, 0.6) is 0 Å². The lowest BCUT2D eigenvalue weighted by Crippen LogP contribution is -2.63. The number of hydrogen-bond donors (Lipinski definition) is 1. The Kier molecular flexibility index (Phi) is 6.11. The second-order valence-corrected chi connectivity index (χ2v) is 8.96. The van der Waals surface area contributed by atoms with Crippen molar-refractivity contribution >= 4 is 46.7 Å². The van der Waals surface area contributed by atoms with Crippen LogP contribution in [0, 0.1) is 11.8 Å². The summed E-state index contributed by atoms with van der Waals surface area (Å²) < 4.78 is 10.3. The van der Waals surface area contributed by atoms with E-state index in [4.69, 9.17) is 4.74 Å². The zero-order valence-corrected chi connectivity index (χ0v) is 17.8. The average molecular weight is 440 g/mol. The van der Waals surface area contributed by atoms with E-state index in [-0.39, 0.29) is 23.3 Å². The topological polar surface area (TPSA) is 123 Å². The third-order valence-electron chi connectivity index (χ3n) is 4.83. The number of thiazole rings is 1. The van der Waals surface area contributed by atoms with Crippen LogP contribution in [0.4, 0.5) is 0 Å². The molecule has 4 atom stereocenters. The van der Waals surface area contributed by atoms with E-state index in [9.17, 15) is 24.3 Å². The van der Waals surface area contributed by atoms with E-state index in [0.717, 1.165) is 0 Å². The number of carbonyl (C=O) groups excluding carboxylic acids is 4. The first-order valence-electron chi connectivity index (χ1n) is 8.83. The van der Waals surface area contributed by atoms with Crippen molar-refractivity contribution < 1.29 is 33.8 Å². The van der Waals surface area contributed by atoms with Gasteiger partial charge >= 0.3 is 11.9 Å². The van der Waals surface area contributed by atoms with Gasteiger partial charge in [-0.2, -0.15) is 0 Å². The number of ether oxygens (including phenoxy) is 2. The Morgan fingerprint density at radius 3 is 2.62 bits per heavy atom. The van der Waals surface area contributed by atoms with Crippen molar-refractivity contribution in [3.8, 4) is 0 Å². The van der Waals surface area contributed by atoms with E-state index < -0.39 is 36.8 Å². The van der Waals surface area contributed by atoms with Crippen LogP contribution >= 0.6 is 23.1 Å². The molecule has 0 aromatic carbocycles. The third kappa shape index (κ3) is 3.81. The van der Waals surface area contributed by atoms with Crippen LogP contribution in [0.15, 0.2) is 20.3 Å². The van der Waals surface area contributed by atoms with Gasteiger partial charge in [0.1, 0.15) is 11.4 Å². The summed E-state index contributed by atoms with van der Waals surface area (Å²) in [5, 5.41) is 10.00. The zero-order valence-electron chi connectivity index (χ0n) is 16.2. The SMILES string of the molecule is CC(=O)OCOC(=O)C1=C(Sc2scnc2C(C)=O)[C@H](C)[C@@H]2[C@@H]([C@@H](C)O)C(=O)N12. The van der Waals surface area contributed by atoms with Gasteiger partial charge in [-0.25, -0.2) is 9.78 Å². The quantitative estimate of drug-likeness (QED) is 0.291. The number of esters is 2. The molecule has 2 aliphatic rings. The number of β-lactam (4-membered cyclic amide) rings is 1. The second kappa shape index (κ2) is 8.25. The Labute approximate surface area is 175 Å². The molecule has 0 unspecified atom stereocenters. The van der Waals surface area contributed by atoms with Crippen LogP contribution < -0.4 is 0 Å². The molecule has 0 spiro atoms. The molecule has 1 saturated heterocycles. The first-order chi connectivity index (χ1) is 13.6. The Morgan fingerprint density at radius 2 is 2.03 bits per heavy atom. The van der Waals surface area contributed by atoms with E-state index in [0.29, 0.717) is 14.8 Å². The number of ketones is 1. The molecule has 1 aromatic heterocycles. The van der Waals surface area contributed by atoms with Gasteiger partial charge in [0.05, 0.1) is 27.8 Å². The van der Waals surface area contributed by atoms with Crippen LogP contribution in [-0.2, 0) is 23.9 Å². The zero-order chi connectivity index (χ0) is 21.5. The molecule has 0 bridgehead atoms. The number of rotatable bonds is 7. The lowest BCUT2D eigenvalue weighted by atomic mass is 9.79. The van der Waals surface area contributed by atoms with Crippen molar-refractivity contribution in [3.05, 3.63) is 21.8 Å². The molecule has 1 aromatic rings. The average Bonchev–Trinajstić information content (AvgIpc) is 3.17. The molecule has 29 heavy (non-hydrogen) atoms. The fraction of sp³-hybridized carbons (Fsp3) is 0.500. The van der Waals surface area contributed by atoms with Gasteiger partial charge in [-0.1, -0.05) is 18.7 Å². The molecule has 1 fully saturated rings. The molecule has 3 rings (SSSR count). The van der Waals surface area contributed by atoms with Crippen molar-refractivity contribution in [1.29, 1.82) is 0 Å². The highest BCUT2D eigenvalue weighted by Crippen LogP contribution is 2.53. The van der Waals surface area contributed by atoms with Crippen LogP contribution in [-0.4, -0.2) is 57.6 Å². The fourth-order valence-corrected chi connectivity index (χ4v) is 5.77. The van der Waals surface area contributed by atoms with Crippen molar-refractivity contribution in [1.82, 2.24) is 9.88 Å². The van der Waals surface area contributed by atoms with Crippen molar-refractivity contribution in [2.75, 3.05) is 6.79 Å². The maximum absolute atomic E-state index is 12.7. The van der Waals surface area contributed by atoms with Gasteiger partial charge in [-0.3, -0.25) is 14.4 Å². The first-order valence-corrected chi connectivity index (χ1v) is 10.5. The van der Waals surface area contributed by atoms with Gasteiger partial charge in [0.25, 0.3) is 0 Å². The van der Waals surface area contributed by atoms with Gasteiger partial charge in [0.15, 0.2) is 5.78 Å². The standard InChI is InChI=1S/C18H20N2O7S2/c1-7-13-11(8(2)21)16(24)20(13)14(17(25)27-6-26-10(4)23)15(7)29-18-12(9(3)22)19-5-28-18/h5,7-8,11,13,21H,6H2,1-4H3/t7-,8-,11-,13-/m1/s1. The molecular weight excluding hydrogens is 420 g/mol. The van der Waals surface area contributed by atoms with E-state index in [2.05, 4.69) is 9.72 Å². The van der Waals surface area contributed by atoms with Gasteiger partial charge in [0.2, 0.25) is 12.7 Å². The number of amides is 1. The lowest BCUT2D eigenvalue weighted by Gasteiger charge is -2.46. The molecule has 2 aliphatic heterocycles. The van der Waals surface area contributed by atoms with Crippen LogP contribution in [0.2, 0.25) is 0 Å². The molecule has 11 heteroatoms. The second-order valence-electron chi connectivity index (χ2n) is 6.80. The number of aliphatic hydroxyl groups excluding tert-OH is 1. The summed E-state index contributed by atoms with van der Waals surface area (Å²) >= 11 is 2.45. The Balaban J connectivity index is 1.95. The van der Waals surface area contributed by atoms with Crippen LogP contribution in [0.3, 0.4) is 0 Å². The normalized spacial score (nSPS) is 24.1. The lowest BCUT2D eigenvalue weighted by molar-refractivity contribution is -0.171. The number of carbonyl (C=O) groups is 4. The number of aliphatic hydroxyl groups is 1. The number of Topliss-reactive ketones (excluding diaryl/α,β-unsaturated/α-hetero) is 1. The summed E-state index contributed by atoms with van der Waals surface area (Å²) in [6.07, 6.45) is -0.870. The van der Waals surface area contributed by atoms with Gasteiger partial charge in [0, 0.05) is 24.7 Å². The molecule has 0 aliphatic carbocycles. The van der Waals surface area contributed by atoms with Gasteiger partial charge in [-0.05, 0) is 6.92 Å². The van der Waals surface area contributed by atoms with E-state index in [1.54, 1.807) is 0 Å². The van der Waals surface area contributed by atoms with Crippen LogP contribution in [0.1, 0.15) is 38.2 Å². The van der Waals surface area contributed by atoms with E-state index >= 15 is 0 Å². The maximum atomic E-state index is 12.7. The Morgan fingerprint density at radius 1 is 1.34 bits per heavy atom. The third-order valence-corrected chi connectivity index (χ3v) is 7.15. The van der Waals surface area contributed by atoms with Crippen molar-refractivity contribution in [2.24, 2.45) is 11.8 Å². The summed E-state index contributed by atoms with van der Waals surface area (Å²) in [5.41, 5.74) is 1.88. The predicted octanol–water partition coefficient (Wildman–Crippen LogP) is 1.57. The summed E-state index contributed by atoms with van der Waals surface area (Å²) in [7, 11) is 0. The van der Waals surface area contributed by atoms with Crippen molar-refractivity contribution in [3.63, 3.8) is 0 Å². The minimum Gasteiger partial charge on any atom is -0.428 e. The van der Waals surface area contributed by atoms with Crippen LogP contribution in [0.25, 0.3) is 0 Å². The summed E-state index contributed by atoms with van der Waals surface area (Å²) in [4.78, 5) is 54.0. The smallest absolute Gasteiger partial charge is 0.358 e. The first kappa shape index (κ1) is 21.5. The number of thioether (sulfide) groups is 1. The number of aromatic nitrogens is 1. The fourth-order valence-electron chi connectivity index (χ4n) is 3.52. The summed E-state index contributed by atoms with van der Waals surface area (Å²) in [5.74, 6) is -2.90. The minimum absolute atomic E-state index is 0.0458. The largest absolute Gasteiger partial charge is 0.428 e. The highest BCUT2D eigenvalue weighted by Gasteiger charge is 2.60. The summed E-state index contributed by atoms with van der Waals surface area (Å²) in [6.45, 7) is 5.40. The minimum atomic E-state index is -0.870. The monoisotopic (exact) mass is 440 g/mol. The number of nitrogens with zero attached hydrogens (tertiary/aromatic N) is 2. The molecule has 156 valence electrons. The number of hydrogen-bond acceptors (Lipinski definition) is 10. The predicted molar refractivity (Wildman–Crippen MR) is 103 cm³/mol. The number of fused-ring (bicyclic) bond motifs is 1. The molecular formula is C18H20N2O7S2. The van der Waals surface area contributed by atoms with Gasteiger partial charge in [-0.15, -0.1) is 11.3 Å². The molecule has 0 saturated carbocycles. The van der Waals surface area contributed by atoms with E-state index in [1.165, 1.54) is 54.3 Å². The van der Waals surface area contributed by atoms with Gasteiger partial charge < -0.3 is 19.5 Å². The molecule has 1 amide bonds. The van der Waals surface area contributed by atoms with E-state index in [1.807, 2.05) is 6.92 Å². The Hall–Kier alpha value is -2.24. The van der Waals surface area contributed by atoms with Crippen molar-refractivity contribution in [2.45, 2.75) is 44.0 Å². The summed E-state index contributed by atoms with van der Waals surface area (Å²) in [6, 6.07) is -0.394.